The third kappa shape index (κ3) is 5.18. The first-order chi connectivity index (χ1) is 13.2. The van der Waals surface area contributed by atoms with Crippen LogP contribution in [0.25, 0.3) is 0 Å². The van der Waals surface area contributed by atoms with Gasteiger partial charge in [-0.3, -0.25) is 0 Å². The second-order valence-corrected chi connectivity index (χ2v) is 11.0. The normalized spacial score (nSPS) is 12.4. The van der Waals surface area contributed by atoms with Gasteiger partial charge in [-0.1, -0.05) is 39.3 Å². The van der Waals surface area contributed by atoms with Crippen molar-refractivity contribution in [3.8, 4) is 5.75 Å². The predicted octanol–water partition coefficient (Wildman–Crippen LogP) is 6.19. The average Bonchev–Trinajstić information content (AvgIpc) is 2.97. The number of hydrogen-bond acceptors (Lipinski definition) is 4. The highest BCUT2D eigenvalue weighted by molar-refractivity contribution is 7.90. The molecule has 0 saturated heterocycles. The Kier molecular flexibility index (Phi) is 7.74. The maximum Gasteiger partial charge on any atom is 0.152 e. The third-order valence-corrected chi connectivity index (χ3v) is 8.01. The van der Waals surface area contributed by atoms with Gasteiger partial charge in [0.1, 0.15) is 5.75 Å². The van der Waals surface area contributed by atoms with Crippen LogP contribution in [0.4, 0.5) is 0 Å². The van der Waals surface area contributed by atoms with E-state index in [0.717, 1.165) is 54.0 Å². The molecule has 0 spiro atoms. The summed E-state index contributed by atoms with van der Waals surface area (Å²) in [6.45, 7) is 11.5. The van der Waals surface area contributed by atoms with Crippen molar-refractivity contribution in [2.24, 2.45) is 0 Å². The van der Waals surface area contributed by atoms with E-state index in [4.69, 9.17) is 4.74 Å². The lowest BCUT2D eigenvalue weighted by Gasteiger charge is -2.32. The number of hydrogen-bond donors (Lipinski definition) is 0. The minimum atomic E-state index is -3.04. The van der Waals surface area contributed by atoms with E-state index in [1.807, 2.05) is 6.92 Å². The number of aryl methyl sites for hydroxylation is 2. The molecule has 0 N–H and O–H groups in total. The van der Waals surface area contributed by atoms with Gasteiger partial charge in [0.25, 0.3) is 0 Å². The van der Waals surface area contributed by atoms with Crippen LogP contribution in [0.2, 0.25) is 0 Å². The molecule has 0 aliphatic carbocycles. The molecule has 2 aromatic rings. The molecule has 2 rings (SSSR count). The minimum Gasteiger partial charge on any atom is -0.493 e. The molecule has 0 amide bonds. The van der Waals surface area contributed by atoms with Crippen molar-refractivity contribution in [2.75, 3.05) is 12.9 Å². The fourth-order valence-electron chi connectivity index (χ4n) is 3.72. The van der Waals surface area contributed by atoms with Crippen molar-refractivity contribution in [2.45, 2.75) is 71.5 Å². The number of ether oxygens (including phenoxy) is 1. The maximum atomic E-state index is 11.8. The lowest BCUT2D eigenvalue weighted by Crippen LogP contribution is -2.25. The van der Waals surface area contributed by atoms with E-state index in [9.17, 15) is 8.42 Å². The second kappa shape index (κ2) is 9.45. The minimum absolute atomic E-state index is 0.0993. The van der Waals surface area contributed by atoms with Crippen molar-refractivity contribution in [3.63, 3.8) is 0 Å². The summed E-state index contributed by atoms with van der Waals surface area (Å²) in [5.41, 5.74) is 3.42. The van der Waals surface area contributed by atoms with Crippen LogP contribution < -0.4 is 4.74 Å². The summed E-state index contributed by atoms with van der Waals surface area (Å²) in [5.74, 6) is 1.08. The summed E-state index contributed by atoms with van der Waals surface area (Å²) in [5, 5.41) is 0. The summed E-state index contributed by atoms with van der Waals surface area (Å²) in [6, 6.07) is 8.73. The quantitative estimate of drug-likeness (QED) is 0.428. The highest BCUT2D eigenvalue weighted by Gasteiger charge is 2.33. The van der Waals surface area contributed by atoms with Gasteiger partial charge in [-0.2, -0.15) is 0 Å². The molecule has 156 valence electrons. The Balaban J connectivity index is 2.44. The van der Waals surface area contributed by atoms with Crippen molar-refractivity contribution >= 4 is 21.2 Å². The van der Waals surface area contributed by atoms with Gasteiger partial charge in [0.2, 0.25) is 0 Å². The van der Waals surface area contributed by atoms with Crippen LogP contribution >= 0.6 is 11.3 Å². The van der Waals surface area contributed by atoms with Crippen molar-refractivity contribution in [3.05, 3.63) is 50.7 Å². The van der Waals surface area contributed by atoms with E-state index in [1.54, 1.807) is 11.3 Å². The van der Waals surface area contributed by atoms with Crippen LogP contribution in [0.15, 0.2) is 24.3 Å². The van der Waals surface area contributed by atoms with Crippen molar-refractivity contribution in [1.82, 2.24) is 0 Å². The first-order valence-electron chi connectivity index (χ1n) is 10.2. The van der Waals surface area contributed by atoms with Gasteiger partial charge < -0.3 is 4.74 Å². The van der Waals surface area contributed by atoms with E-state index in [1.165, 1.54) is 16.7 Å². The topological polar surface area (TPSA) is 43.4 Å². The first-order valence-corrected chi connectivity index (χ1v) is 13.1. The van der Waals surface area contributed by atoms with E-state index < -0.39 is 9.84 Å². The summed E-state index contributed by atoms with van der Waals surface area (Å²) in [4.78, 5) is 2.22. The maximum absolute atomic E-state index is 11.8. The lowest BCUT2D eigenvalue weighted by molar-refractivity contribution is 0.307. The molecule has 1 heterocycles. The van der Waals surface area contributed by atoms with E-state index >= 15 is 0 Å². The molecule has 0 atom stereocenters. The zero-order valence-electron chi connectivity index (χ0n) is 18.1. The Hall–Kier alpha value is -1.33. The molecule has 0 fully saturated rings. The largest absolute Gasteiger partial charge is 0.493 e. The van der Waals surface area contributed by atoms with Crippen LogP contribution in [0, 0.1) is 13.8 Å². The van der Waals surface area contributed by atoms with Crippen molar-refractivity contribution in [1.29, 1.82) is 0 Å². The molecule has 1 aromatic carbocycles. The standard InChI is InChI=1S/C23H34O3S2/c1-7-10-13-26-20-12-11-19(14-17(20)4)23(8-2,9-3)22-15-18(5)21(27-22)16-28(6,24)25/h11-12,14-15H,7-10,13,16H2,1-6H3. The summed E-state index contributed by atoms with van der Waals surface area (Å²) in [7, 11) is -3.04. The highest BCUT2D eigenvalue weighted by Crippen LogP contribution is 2.44. The summed E-state index contributed by atoms with van der Waals surface area (Å²) < 4.78 is 29.5. The molecule has 0 saturated carbocycles. The Morgan fingerprint density at radius 3 is 2.25 bits per heavy atom. The summed E-state index contributed by atoms with van der Waals surface area (Å²) >= 11 is 1.65. The molecule has 1 aromatic heterocycles. The Morgan fingerprint density at radius 2 is 1.71 bits per heavy atom. The number of rotatable bonds is 10. The lowest BCUT2D eigenvalue weighted by atomic mass is 9.74. The molecular weight excluding hydrogens is 388 g/mol. The number of thiophene rings is 1. The van der Waals surface area contributed by atoms with Crippen LogP contribution in [0.1, 0.15) is 72.9 Å². The van der Waals surface area contributed by atoms with Crippen LogP contribution in [-0.4, -0.2) is 21.3 Å². The van der Waals surface area contributed by atoms with Gasteiger partial charge in [-0.05, 0) is 61.9 Å². The van der Waals surface area contributed by atoms with Crippen LogP contribution in [0.5, 0.6) is 5.75 Å². The Bertz CT molecular complexity index is 891. The highest BCUT2D eigenvalue weighted by atomic mass is 32.2. The van der Waals surface area contributed by atoms with Gasteiger partial charge in [0.05, 0.1) is 12.4 Å². The SMILES string of the molecule is CCCCOc1ccc(C(CC)(CC)c2cc(C)c(CS(C)(=O)=O)s2)cc1C. The number of benzene rings is 1. The van der Waals surface area contributed by atoms with Crippen LogP contribution in [-0.2, 0) is 21.0 Å². The van der Waals surface area contributed by atoms with Gasteiger partial charge in [0.15, 0.2) is 9.84 Å². The van der Waals surface area contributed by atoms with E-state index in [0.29, 0.717) is 0 Å². The summed E-state index contributed by atoms with van der Waals surface area (Å²) in [6.07, 6.45) is 5.43. The molecule has 0 unspecified atom stereocenters. The van der Waals surface area contributed by atoms with Gasteiger partial charge in [0, 0.05) is 21.4 Å². The molecule has 0 aliphatic rings. The Labute approximate surface area is 175 Å². The molecule has 0 aliphatic heterocycles. The predicted molar refractivity (Wildman–Crippen MR) is 121 cm³/mol. The molecule has 3 nitrogen and oxygen atoms in total. The number of sulfone groups is 1. The molecular formula is C23H34O3S2. The molecule has 0 bridgehead atoms. The number of unbranched alkanes of at least 4 members (excludes halogenated alkanes) is 1. The smallest absolute Gasteiger partial charge is 0.152 e. The van der Waals surface area contributed by atoms with Gasteiger partial charge >= 0.3 is 0 Å². The second-order valence-electron chi connectivity index (χ2n) is 7.76. The van der Waals surface area contributed by atoms with Crippen molar-refractivity contribution < 1.29 is 13.2 Å². The molecule has 0 radical (unpaired) electrons. The van der Waals surface area contributed by atoms with E-state index in [2.05, 4.69) is 52.0 Å². The zero-order chi connectivity index (χ0) is 20.9. The first kappa shape index (κ1) is 23.0. The fourth-order valence-corrected chi connectivity index (χ4v) is 6.63. The van der Waals surface area contributed by atoms with E-state index in [-0.39, 0.29) is 11.2 Å². The third-order valence-electron chi connectivity index (χ3n) is 5.58. The molecule has 5 heteroatoms. The van der Waals surface area contributed by atoms with Crippen LogP contribution in [0.3, 0.4) is 0 Å². The monoisotopic (exact) mass is 422 g/mol. The fraction of sp³-hybridized carbons (Fsp3) is 0.565. The van der Waals surface area contributed by atoms with Gasteiger partial charge in [-0.15, -0.1) is 11.3 Å². The average molecular weight is 423 g/mol. The zero-order valence-corrected chi connectivity index (χ0v) is 19.7. The van der Waals surface area contributed by atoms with Gasteiger partial charge in [-0.25, -0.2) is 8.42 Å². The molecule has 28 heavy (non-hydrogen) atoms. The Morgan fingerprint density at radius 1 is 1.04 bits per heavy atom.